The third-order valence-electron chi connectivity index (χ3n) is 4.26. The fraction of sp³-hybridized carbons (Fsp3) is 0.500. The van der Waals surface area contributed by atoms with Gasteiger partial charge in [0.2, 0.25) is 0 Å². The first-order valence-electron chi connectivity index (χ1n) is 6.86. The molecule has 2 saturated heterocycles. The lowest BCUT2D eigenvalue weighted by atomic mass is 9.94. The van der Waals surface area contributed by atoms with Gasteiger partial charge in [0.15, 0.2) is 0 Å². The van der Waals surface area contributed by atoms with Crippen LogP contribution in [0.2, 0.25) is 0 Å². The van der Waals surface area contributed by atoms with Gasteiger partial charge in [-0.05, 0) is 37.4 Å². The standard InChI is InChI=1S/C14H16N4O2/c15-7-10-3-1-5-13(14(10)18(19)20)17-8-11-4-2-6-16-12(11)9-17/h1,3,5,11-12,16H,2,4,6,8-9H2. The van der Waals surface area contributed by atoms with Crippen LogP contribution in [0, 0.1) is 27.4 Å². The van der Waals surface area contributed by atoms with Crippen molar-refractivity contribution in [3.8, 4) is 6.07 Å². The number of piperidine rings is 1. The predicted molar refractivity (Wildman–Crippen MR) is 74.5 cm³/mol. The molecule has 2 aliphatic rings. The van der Waals surface area contributed by atoms with Gasteiger partial charge in [-0.1, -0.05) is 6.07 Å². The minimum Gasteiger partial charge on any atom is -0.364 e. The summed E-state index contributed by atoms with van der Waals surface area (Å²) in [5.41, 5.74) is 0.647. The Bertz CT molecular complexity index is 567. The highest BCUT2D eigenvalue weighted by Crippen LogP contribution is 2.36. The zero-order valence-electron chi connectivity index (χ0n) is 11.1. The van der Waals surface area contributed by atoms with E-state index in [1.165, 1.54) is 12.5 Å². The first-order chi connectivity index (χ1) is 9.70. The van der Waals surface area contributed by atoms with E-state index >= 15 is 0 Å². The van der Waals surface area contributed by atoms with Crippen molar-refractivity contribution in [1.82, 2.24) is 5.32 Å². The number of para-hydroxylation sites is 1. The summed E-state index contributed by atoms with van der Waals surface area (Å²) in [5, 5.41) is 23.8. The molecule has 0 amide bonds. The van der Waals surface area contributed by atoms with Crippen molar-refractivity contribution in [2.45, 2.75) is 18.9 Å². The Hall–Kier alpha value is -2.13. The molecule has 20 heavy (non-hydrogen) atoms. The molecule has 0 radical (unpaired) electrons. The molecule has 6 nitrogen and oxygen atoms in total. The van der Waals surface area contributed by atoms with Gasteiger partial charge in [-0.3, -0.25) is 10.1 Å². The molecule has 0 aliphatic carbocycles. The number of nitrogens with zero attached hydrogens (tertiary/aromatic N) is 3. The Kier molecular flexibility index (Phi) is 3.28. The number of nitriles is 1. The third kappa shape index (κ3) is 2.10. The summed E-state index contributed by atoms with van der Waals surface area (Å²) in [4.78, 5) is 12.9. The second-order valence-electron chi connectivity index (χ2n) is 5.41. The van der Waals surface area contributed by atoms with Gasteiger partial charge in [0, 0.05) is 19.1 Å². The van der Waals surface area contributed by atoms with Crippen molar-refractivity contribution in [1.29, 1.82) is 5.26 Å². The minimum atomic E-state index is -0.441. The molecule has 2 heterocycles. The number of hydrogen-bond donors (Lipinski definition) is 1. The highest BCUT2D eigenvalue weighted by Gasteiger charge is 2.37. The normalized spacial score (nSPS) is 25.1. The van der Waals surface area contributed by atoms with Gasteiger partial charge in [-0.2, -0.15) is 5.26 Å². The van der Waals surface area contributed by atoms with E-state index in [9.17, 15) is 10.1 Å². The summed E-state index contributed by atoms with van der Waals surface area (Å²) in [6.07, 6.45) is 2.33. The van der Waals surface area contributed by atoms with Gasteiger partial charge in [0.25, 0.3) is 0 Å². The van der Waals surface area contributed by atoms with E-state index in [2.05, 4.69) is 5.32 Å². The van der Waals surface area contributed by atoms with Gasteiger partial charge >= 0.3 is 5.69 Å². The van der Waals surface area contributed by atoms with E-state index < -0.39 is 4.92 Å². The van der Waals surface area contributed by atoms with E-state index in [0.29, 0.717) is 17.6 Å². The van der Waals surface area contributed by atoms with Crippen LogP contribution >= 0.6 is 0 Å². The molecule has 1 aromatic carbocycles. The van der Waals surface area contributed by atoms with Crippen LogP contribution in [-0.2, 0) is 0 Å². The second-order valence-corrected chi connectivity index (χ2v) is 5.41. The zero-order chi connectivity index (χ0) is 14.1. The average Bonchev–Trinajstić information content (AvgIpc) is 2.90. The summed E-state index contributed by atoms with van der Waals surface area (Å²) in [6, 6.07) is 7.30. The number of nitro benzene ring substituents is 1. The zero-order valence-corrected chi connectivity index (χ0v) is 11.1. The largest absolute Gasteiger partial charge is 0.364 e. The van der Waals surface area contributed by atoms with Gasteiger partial charge < -0.3 is 10.2 Å². The molecule has 0 spiro atoms. The summed E-state index contributed by atoms with van der Waals surface area (Å²) in [5.74, 6) is 0.550. The van der Waals surface area contributed by atoms with E-state index in [1.54, 1.807) is 12.1 Å². The SMILES string of the molecule is N#Cc1cccc(N2CC3CCCNC3C2)c1[N+](=O)[O-]. The number of anilines is 1. The Morgan fingerprint density at radius 1 is 1.45 bits per heavy atom. The average molecular weight is 272 g/mol. The number of nitro groups is 1. The van der Waals surface area contributed by atoms with Gasteiger partial charge in [-0.15, -0.1) is 0 Å². The number of nitrogens with one attached hydrogen (secondary N) is 1. The number of fused-ring (bicyclic) bond motifs is 1. The maximum Gasteiger partial charge on any atom is 0.310 e. The molecule has 0 saturated carbocycles. The molecule has 0 aromatic heterocycles. The summed E-state index contributed by atoms with van der Waals surface area (Å²) in [7, 11) is 0. The highest BCUT2D eigenvalue weighted by atomic mass is 16.6. The van der Waals surface area contributed by atoms with Gasteiger partial charge in [0.1, 0.15) is 17.3 Å². The monoisotopic (exact) mass is 272 g/mol. The van der Waals surface area contributed by atoms with E-state index in [1.807, 2.05) is 11.0 Å². The Morgan fingerprint density at radius 2 is 2.30 bits per heavy atom. The van der Waals surface area contributed by atoms with Crippen LogP contribution in [0.4, 0.5) is 11.4 Å². The molecule has 3 rings (SSSR count). The summed E-state index contributed by atoms with van der Waals surface area (Å²) in [6.45, 7) is 2.63. The van der Waals surface area contributed by atoms with Crippen LogP contribution in [0.25, 0.3) is 0 Å². The van der Waals surface area contributed by atoms with Crippen LogP contribution < -0.4 is 10.2 Å². The van der Waals surface area contributed by atoms with E-state index in [-0.39, 0.29) is 11.3 Å². The minimum absolute atomic E-state index is 0.0614. The van der Waals surface area contributed by atoms with Gasteiger partial charge in [0.05, 0.1) is 4.92 Å². The number of hydrogen-bond acceptors (Lipinski definition) is 5. The van der Waals surface area contributed by atoms with E-state index in [4.69, 9.17) is 5.26 Å². The molecule has 0 bridgehead atoms. The Balaban J connectivity index is 1.95. The molecule has 2 aliphatic heterocycles. The molecule has 2 unspecified atom stereocenters. The smallest absolute Gasteiger partial charge is 0.310 e. The topological polar surface area (TPSA) is 82.2 Å². The van der Waals surface area contributed by atoms with Crippen LogP contribution in [0.1, 0.15) is 18.4 Å². The van der Waals surface area contributed by atoms with Crippen molar-refractivity contribution in [3.63, 3.8) is 0 Å². The molecule has 6 heteroatoms. The fourth-order valence-corrected chi connectivity index (χ4v) is 3.31. The molecule has 104 valence electrons. The summed E-state index contributed by atoms with van der Waals surface area (Å²) < 4.78 is 0. The van der Waals surface area contributed by atoms with Crippen molar-refractivity contribution in [3.05, 3.63) is 33.9 Å². The second kappa shape index (κ2) is 5.10. The first-order valence-corrected chi connectivity index (χ1v) is 6.86. The van der Waals surface area contributed by atoms with Crippen LogP contribution in [-0.4, -0.2) is 30.6 Å². The lowest BCUT2D eigenvalue weighted by Gasteiger charge is -2.24. The predicted octanol–water partition coefficient (Wildman–Crippen LogP) is 1.65. The molecule has 2 atom stereocenters. The van der Waals surface area contributed by atoms with Crippen LogP contribution in [0.3, 0.4) is 0 Å². The molecule has 1 aromatic rings. The fourth-order valence-electron chi connectivity index (χ4n) is 3.31. The van der Waals surface area contributed by atoms with Crippen molar-refractivity contribution in [2.24, 2.45) is 5.92 Å². The molecule has 1 N–H and O–H groups in total. The highest BCUT2D eigenvalue weighted by molar-refractivity contribution is 5.70. The van der Waals surface area contributed by atoms with Crippen molar-refractivity contribution in [2.75, 3.05) is 24.5 Å². The third-order valence-corrected chi connectivity index (χ3v) is 4.26. The lowest BCUT2D eigenvalue weighted by molar-refractivity contribution is -0.384. The summed E-state index contributed by atoms with van der Waals surface area (Å²) >= 11 is 0. The maximum atomic E-state index is 11.3. The van der Waals surface area contributed by atoms with Crippen LogP contribution in [0.15, 0.2) is 18.2 Å². The molecular weight excluding hydrogens is 256 g/mol. The van der Waals surface area contributed by atoms with Crippen molar-refractivity contribution >= 4 is 11.4 Å². The van der Waals surface area contributed by atoms with E-state index in [0.717, 1.165) is 26.1 Å². The lowest BCUT2D eigenvalue weighted by Crippen LogP contribution is -2.40. The van der Waals surface area contributed by atoms with Crippen LogP contribution in [0.5, 0.6) is 0 Å². The Morgan fingerprint density at radius 3 is 3.00 bits per heavy atom. The molecular formula is C14H16N4O2. The Labute approximate surface area is 117 Å². The maximum absolute atomic E-state index is 11.3. The first kappa shape index (κ1) is 12.9. The van der Waals surface area contributed by atoms with Crippen molar-refractivity contribution < 1.29 is 4.92 Å². The molecule has 2 fully saturated rings. The quantitative estimate of drug-likeness (QED) is 0.654. The number of rotatable bonds is 2. The number of benzene rings is 1. The van der Waals surface area contributed by atoms with Gasteiger partial charge in [-0.25, -0.2) is 0 Å².